The first-order chi connectivity index (χ1) is 12.0. The van der Waals surface area contributed by atoms with E-state index in [9.17, 15) is 14.0 Å². The van der Waals surface area contributed by atoms with Crippen molar-refractivity contribution < 1.29 is 14.0 Å². The zero-order valence-corrected chi connectivity index (χ0v) is 15.3. The Morgan fingerprint density at radius 2 is 2.08 bits per heavy atom. The Morgan fingerprint density at radius 3 is 2.80 bits per heavy atom. The minimum atomic E-state index is -0.385. The van der Waals surface area contributed by atoms with Crippen LogP contribution in [0.4, 0.5) is 4.39 Å². The highest BCUT2D eigenvalue weighted by atomic mass is 32.2. The Hall–Kier alpha value is -1.73. The van der Waals surface area contributed by atoms with Crippen molar-refractivity contribution in [2.24, 2.45) is 0 Å². The molecule has 0 atom stereocenters. The van der Waals surface area contributed by atoms with Crippen LogP contribution < -0.4 is 5.32 Å². The monoisotopic (exact) mass is 378 g/mol. The number of nitrogens with one attached hydrogen (secondary N) is 1. The summed E-state index contributed by atoms with van der Waals surface area (Å²) in [6, 6.07) is 6.53. The van der Waals surface area contributed by atoms with Gasteiger partial charge in [-0.05, 0) is 25.0 Å². The summed E-state index contributed by atoms with van der Waals surface area (Å²) < 4.78 is 14.2. The van der Waals surface area contributed by atoms with E-state index in [0.717, 1.165) is 37.4 Å². The van der Waals surface area contributed by atoms with Gasteiger partial charge < -0.3 is 5.32 Å². The highest BCUT2D eigenvalue weighted by Crippen LogP contribution is 2.33. The molecule has 1 heterocycles. The second-order valence-corrected chi connectivity index (χ2v) is 7.83. The zero-order valence-electron chi connectivity index (χ0n) is 13.7. The predicted molar refractivity (Wildman–Crippen MR) is 101 cm³/mol. The number of nitrogens with zero attached hydrogens (tertiary/aromatic N) is 1. The summed E-state index contributed by atoms with van der Waals surface area (Å²) >= 11 is 6.38. The smallest absolute Gasteiger partial charge is 0.266 e. The van der Waals surface area contributed by atoms with Crippen LogP contribution in [-0.2, 0) is 9.59 Å². The molecule has 7 heteroatoms. The molecule has 2 amide bonds. The van der Waals surface area contributed by atoms with Crippen LogP contribution >= 0.6 is 24.0 Å². The standard InChI is InChI=1S/C18H19FN2O2S2/c19-14-8-4-1-5-12(14)11-15-17(23)21(18(24)25-15)10-9-16(22)20-13-6-2-3-7-13/h1,4-5,8,11,13H,2-3,6-7,9-10H2,(H,20,22)/b15-11-. The second kappa shape index (κ2) is 8.10. The van der Waals surface area contributed by atoms with E-state index < -0.39 is 0 Å². The number of thioether (sulfide) groups is 1. The van der Waals surface area contributed by atoms with Gasteiger partial charge in [-0.25, -0.2) is 4.39 Å². The summed E-state index contributed by atoms with van der Waals surface area (Å²) in [5.41, 5.74) is 0.349. The third kappa shape index (κ3) is 4.46. The van der Waals surface area contributed by atoms with Gasteiger partial charge in [0.05, 0.1) is 4.91 Å². The largest absolute Gasteiger partial charge is 0.353 e. The third-order valence-electron chi connectivity index (χ3n) is 4.35. The zero-order chi connectivity index (χ0) is 17.8. The van der Waals surface area contributed by atoms with Crippen molar-refractivity contribution in [1.29, 1.82) is 0 Å². The topological polar surface area (TPSA) is 49.4 Å². The molecular formula is C18H19FN2O2S2. The first-order valence-corrected chi connectivity index (χ1v) is 9.56. The van der Waals surface area contributed by atoms with Crippen LogP contribution in [0.5, 0.6) is 0 Å². The van der Waals surface area contributed by atoms with Gasteiger partial charge in [0.2, 0.25) is 5.91 Å². The van der Waals surface area contributed by atoms with Gasteiger partial charge in [-0.1, -0.05) is 55.0 Å². The molecule has 1 saturated heterocycles. The predicted octanol–water partition coefficient (Wildman–Crippen LogP) is 3.48. The number of amides is 2. The maximum atomic E-state index is 13.7. The van der Waals surface area contributed by atoms with E-state index in [1.807, 2.05) is 0 Å². The molecule has 0 radical (unpaired) electrons. The van der Waals surface area contributed by atoms with Gasteiger partial charge >= 0.3 is 0 Å². The van der Waals surface area contributed by atoms with Gasteiger partial charge in [-0.3, -0.25) is 14.5 Å². The SMILES string of the molecule is O=C(CCN1C(=O)/C(=C/c2ccccc2F)SC1=S)NC1CCCC1. The van der Waals surface area contributed by atoms with Gasteiger partial charge in [-0.15, -0.1) is 0 Å². The fourth-order valence-electron chi connectivity index (χ4n) is 3.01. The molecule has 2 fully saturated rings. The lowest BCUT2D eigenvalue weighted by atomic mass is 10.2. The molecule has 0 unspecified atom stereocenters. The van der Waals surface area contributed by atoms with Crippen LogP contribution in [0, 0.1) is 5.82 Å². The van der Waals surface area contributed by atoms with Gasteiger partial charge in [0.15, 0.2) is 0 Å². The van der Waals surface area contributed by atoms with Crippen molar-refractivity contribution in [2.45, 2.75) is 38.1 Å². The molecular weight excluding hydrogens is 359 g/mol. The van der Waals surface area contributed by atoms with Crippen molar-refractivity contribution in [2.75, 3.05) is 6.54 Å². The highest BCUT2D eigenvalue weighted by Gasteiger charge is 2.32. The summed E-state index contributed by atoms with van der Waals surface area (Å²) in [6.07, 6.45) is 6.08. The average molecular weight is 378 g/mol. The lowest BCUT2D eigenvalue weighted by Gasteiger charge is -2.16. The lowest BCUT2D eigenvalue weighted by molar-refractivity contribution is -0.124. The Labute approximate surface area is 155 Å². The molecule has 1 aliphatic carbocycles. The Bertz CT molecular complexity index is 730. The molecule has 132 valence electrons. The summed E-state index contributed by atoms with van der Waals surface area (Å²) in [4.78, 5) is 26.3. The molecule has 4 nitrogen and oxygen atoms in total. The molecule has 1 aliphatic heterocycles. The molecule has 0 spiro atoms. The number of benzene rings is 1. The fourth-order valence-corrected chi connectivity index (χ4v) is 4.31. The average Bonchev–Trinajstić information content (AvgIpc) is 3.17. The first-order valence-electron chi connectivity index (χ1n) is 8.34. The van der Waals surface area contributed by atoms with Crippen LogP contribution in [0.15, 0.2) is 29.2 Å². The number of hydrogen-bond acceptors (Lipinski definition) is 4. The number of carbonyl (C=O) groups is 2. The number of hydrogen-bond donors (Lipinski definition) is 1. The van der Waals surface area contributed by atoms with E-state index in [-0.39, 0.29) is 36.6 Å². The third-order valence-corrected chi connectivity index (χ3v) is 5.73. The van der Waals surface area contributed by atoms with Crippen molar-refractivity contribution >= 4 is 46.2 Å². The minimum Gasteiger partial charge on any atom is -0.353 e. The number of halogens is 1. The van der Waals surface area contributed by atoms with Gasteiger partial charge in [0.1, 0.15) is 10.1 Å². The maximum Gasteiger partial charge on any atom is 0.266 e. The fraction of sp³-hybridized carbons (Fsp3) is 0.389. The van der Waals surface area contributed by atoms with Gasteiger partial charge in [-0.2, -0.15) is 0 Å². The molecule has 1 aromatic carbocycles. The van der Waals surface area contributed by atoms with Crippen LogP contribution in [0.25, 0.3) is 6.08 Å². The minimum absolute atomic E-state index is 0.0565. The molecule has 2 aliphatic rings. The van der Waals surface area contributed by atoms with Gasteiger partial charge in [0, 0.05) is 24.6 Å². The number of carbonyl (C=O) groups excluding carboxylic acids is 2. The van der Waals surface area contributed by atoms with Crippen LogP contribution in [0.1, 0.15) is 37.7 Å². The van der Waals surface area contributed by atoms with Gasteiger partial charge in [0.25, 0.3) is 5.91 Å². The van der Waals surface area contributed by atoms with E-state index in [1.165, 1.54) is 17.0 Å². The summed E-state index contributed by atoms with van der Waals surface area (Å²) in [6.45, 7) is 0.248. The molecule has 3 rings (SSSR count). The van der Waals surface area contributed by atoms with Crippen LogP contribution in [0.3, 0.4) is 0 Å². The van der Waals surface area contributed by atoms with E-state index in [4.69, 9.17) is 12.2 Å². The Kier molecular flexibility index (Phi) is 5.86. The normalized spacial score (nSPS) is 19.9. The van der Waals surface area contributed by atoms with Crippen molar-refractivity contribution in [1.82, 2.24) is 10.2 Å². The summed E-state index contributed by atoms with van der Waals surface area (Å²) in [5, 5.41) is 3.00. The number of rotatable bonds is 5. The molecule has 1 saturated carbocycles. The Morgan fingerprint density at radius 1 is 1.36 bits per heavy atom. The second-order valence-electron chi connectivity index (χ2n) is 6.15. The first kappa shape index (κ1) is 18.1. The molecule has 0 aromatic heterocycles. The van der Waals surface area contributed by atoms with Crippen molar-refractivity contribution in [3.8, 4) is 0 Å². The van der Waals surface area contributed by atoms with Crippen molar-refractivity contribution in [3.05, 3.63) is 40.6 Å². The molecule has 1 N–H and O–H groups in total. The summed E-state index contributed by atoms with van der Waals surface area (Å²) in [7, 11) is 0. The molecule has 25 heavy (non-hydrogen) atoms. The van der Waals surface area contributed by atoms with Crippen LogP contribution in [-0.4, -0.2) is 33.6 Å². The highest BCUT2D eigenvalue weighted by molar-refractivity contribution is 8.26. The molecule has 0 bridgehead atoms. The van der Waals surface area contributed by atoms with E-state index in [0.29, 0.717) is 14.8 Å². The van der Waals surface area contributed by atoms with E-state index in [1.54, 1.807) is 18.2 Å². The maximum absolute atomic E-state index is 13.7. The van der Waals surface area contributed by atoms with Crippen LogP contribution in [0.2, 0.25) is 0 Å². The van der Waals surface area contributed by atoms with E-state index >= 15 is 0 Å². The lowest BCUT2D eigenvalue weighted by Crippen LogP contribution is -2.37. The summed E-state index contributed by atoms with van der Waals surface area (Å²) in [5.74, 6) is -0.713. The quantitative estimate of drug-likeness (QED) is 0.630. The van der Waals surface area contributed by atoms with Crippen molar-refractivity contribution in [3.63, 3.8) is 0 Å². The number of thiocarbonyl (C=S) groups is 1. The molecule has 1 aromatic rings. The Balaban J connectivity index is 1.59. The van der Waals surface area contributed by atoms with E-state index in [2.05, 4.69) is 5.32 Å².